The van der Waals surface area contributed by atoms with Crippen LogP contribution in [0.15, 0.2) is 23.1 Å². The summed E-state index contributed by atoms with van der Waals surface area (Å²) in [5.41, 5.74) is 0.846. The number of benzene rings is 1. The smallest absolute Gasteiger partial charge is 0.261 e. The Balaban J connectivity index is 1.71. The maximum Gasteiger partial charge on any atom is 0.261 e. The lowest BCUT2D eigenvalue weighted by Gasteiger charge is -2.12. The van der Waals surface area contributed by atoms with Gasteiger partial charge in [-0.25, -0.2) is 13.6 Å². The van der Waals surface area contributed by atoms with Crippen molar-refractivity contribution in [2.24, 2.45) is 10.6 Å². The average Bonchev–Trinajstić information content (AvgIpc) is 2.82. The van der Waals surface area contributed by atoms with Gasteiger partial charge in [-0.3, -0.25) is 4.79 Å². The number of hydrogen-bond acceptors (Lipinski definition) is 4. The third-order valence-electron chi connectivity index (χ3n) is 4.16. The fourth-order valence-corrected chi connectivity index (χ4v) is 3.09. The second-order valence-corrected chi connectivity index (χ2v) is 7.94. The fraction of sp³-hybridized carbons (Fsp3) is 0.500. The van der Waals surface area contributed by atoms with Gasteiger partial charge in [0.15, 0.2) is 6.10 Å². The molecule has 1 aromatic carbocycles. The van der Waals surface area contributed by atoms with E-state index in [4.69, 9.17) is 9.88 Å². The lowest BCUT2D eigenvalue weighted by atomic mass is 10.1. The summed E-state index contributed by atoms with van der Waals surface area (Å²) < 4.78 is 28.2. The van der Waals surface area contributed by atoms with Crippen molar-refractivity contribution in [3.05, 3.63) is 23.8 Å². The molecule has 0 bridgehead atoms. The van der Waals surface area contributed by atoms with Crippen LogP contribution >= 0.6 is 0 Å². The summed E-state index contributed by atoms with van der Waals surface area (Å²) >= 11 is 0. The van der Waals surface area contributed by atoms with Crippen LogP contribution in [0.4, 0.5) is 0 Å². The number of carbonyl (C=O) groups excluding carboxylic acids is 1. The minimum absolute atomic E-state index is 0.0363. The van der Waals surface area contributed by atoms with Gasteiger partial charge in [0.2, 0.25) is 10.0 Å². The van der Waals surface area contributed by atoms with Crippen molar-refractivity contribution in [1.29, 1.82) is 0 Å². The summed E-state index contributed by atoms with van der Waals surface area (Å²) in [6.45, 7) is 4.20. The zero-order valence-electron chi connectivity index (χ0n) is 11.9. The SMILES string of the molecule is CC1(C)CC1NC(=O)C1Cc2cc(S(N)(=O)=O)ccc2O1. The molecular formula is C14H18N2O4S. The molecule has 2 aliphatic rings. The minimum Gasteiger partial charge on any atom is -0.480 e. The first-order chi connectivity index (χ1) is 9.67. The average molecular weight is 310 g/mol. The highest BCUT2D eigenvalue weighted by Crippen LogP contribution is 2.44. The van der Waals surface area contributed by atoms with Crippen LogP contribution in [0.25, 0.3) is 0 Å². The number of fused-ring (bicyclic) bond motifs is 1. The molecule has 1 fully saturated rings. The van der Waals surface area contributed by atoms with E-state index >= 15 is 0 Å². The van der Waals surface area contributed by atoms with Crippen LogP contribution in [0.3, 0.4) is 0 Å². The third kappa shape index (κ3) is 2.75. The van der Waals surface area contributed by atoms with Crippen molar-refractivity contribution >= 4 is 15.9 Å². The van der Waals surface area contributed by atoms with Gasteiger partial charge in [-0.1, -0.05) is 13.8 Å². The van der Waals surface area contributed by atoms with E-state index in [1.165, 1.54) is 12.1 Å². The van der Waals surface area contributed by atoms with Gasteiger partial charge in [0.1, 0.15) is 5.75 Å². The molecule has 7 heteroatoms. The highest BCUT2D eigenvalue weighted by atomic mass is 32.2. The molecule has 1 heterocycles. The molecule has 0 spiro atoms. The Morgan fingerprint density at radius 1 is 1.43 bits per heavy atom. The summed E-state index contributed by atoms with van der Waals surface area (Å²) in [7, 11) is -3.74. The first-order valence-corrected chi connectivity index (χ1v) is 8.34. The van der Waals surface area contributed by atoms with E-state index < -0.39 is 16.1 Å². The largest absolute Gasteiger partial charge is 0.480 e. The van der Waals surface area contributed by atoms with Gasteiger partial charge in [-0.2, -0.15) is 0 Å². The first-order valence-electron chi connectivity index (χ1n) is 6.79. The van der Waals surface area contributed by atoms with E-state index in [0.29, 0.717) is 17.7 Å². The van der Waals surface area contributed by atoms with E-state index in [0.717, 1.165) is 6.42 Å². The van der Waals surface area contributed by atoms with Crippen molar-refractivity contribution in [2.45, 2.75) is 43.7 Å². The second kappa shape index (κ2) is 4.45. The maximum absolute atomic E-state index is 12.2. The number of nitrogens with one attached hydrogen (secondary N) is 1. The summed E-state index contributed by atoms with van der Waals surface area (Å²) in [6.07, 6.45) is 0.721. The second-order valence-electron chi connectivity index (χ2n) is 6.38. The van der Waals surface area contributed by atoms with Crippen molar-refractivity contribution in [1.82, 2.24) is 5.32 Å². The third-order valence-corrected chi connectivity index (χ3v) is 5.07. The van der Waals surface area contributed by atoms with Crippen molar-refractivity contribution in [3.8, 4) is 5.75 Å². The number of carbonyl (C=O) groups is 1. The number of sulfonamides is 1. The summed E-state index contributed by atoms with van der Waals surface area (Å²) in [5.74, 6) is 0.386. The van der Waals surface area contributed by atoms with Crippen LogP contribution in [0.2, 0.25) is 0 Å². The van der Waals surface area contributed by atoms with Crippen LogP contribution in [0.5, 0.6) is 5.75 Å². The Morgan fingerprint density at radius 3 is 2.67 bits per heavy atom. The Bertz CT molecular complexity index is 712. The van der Waals surface area contributed by atoms with Crippen LogP contribution < -0.4 is 15.2 Å². The number of nitrogens with two attached hydrogens (primary N) is 1. The molecule has 0 saturated heterocycles. The zero-order chi connectivity index (χ0) is 15.4. The monoisotopic (exact) mass is 310 g/mol. The molecule has 6 nitrogen and oxygen atoms in total. The fourth-order valence-electron chi connectivity index (χ4n) is 2.53. The first kappa shape index (κ1) is 14.3. The van der Waals surface area contributed by atoms with E-state index in [9.17, 15) is 13.2 Å². The van der Waals surface area contributed by atoms with E-state index in [1.54, 1.807) is 6.07 Å². The maximum atomic E-state index is 12.2. The number of ether oxygens (including phenoxy) is 1. The highest BCUT2D eigenvalue weighted by molar-refractivity contribution is 7.89. The van der Waals surface area contributed by atoms with Crippen LogP contribution in [0, 0.1) is 5.41 Å². The zero-order valence-corrected chi connectivity index (χ0v) is 12.7. The summed E-state index contributed by atoms with van der Waals surface area (Å²) in [4.78, 5) is 12.2. The molecule has 1 aromatic rings. The molecule has 1 aliphatic carbocycles. The molecule has 0 radical (unpaired) electrons. The quantitative estimate of drug-likeness (QED) is 0.852. The number of hydrogen-bond donors (Lipinski definition) is 2. The molecule has 2 unspecified atom stereocenters. The number of amides is 1. The Morgan fingerprint density at radius 2 is 2.10 bits per heavy atom. The topological polar surface area (TPSA) is 98.5 Å². The highest BCUT2D eigenvalue weighted by Gasteiger charge is 2.47. The van der Waals surface area contributed by atoms with E-state index in [1.807, 2.05) is 0 Å². The lowest BCUT2D eigenvalue weighted by Crippen LogP contribution is -2.39. The molecular weight excluding hydrogens is 292 g/mol. The molecule has 3 N–H and O–H groups in total. The Hall–Kier alpha value is -1.60. The van der Waals surface area contributed by atoms with Crippen LogP contribution in [-0.4, -0.2) is 26.5 Å². The van der Waals surface area contributed by atoms with E-state index in [-0.39, 0.29) is 22.3 Å². The number of primary sulfonamides is 1. The Labute approximate surface area is 123 Å². The normalized spacial score (nSPS) is 25.9. The van der Waals surface area contributed by atoms with Gasteiger partial charge in [0.25, 0.3) is 5.91 Å². The van der Waals surface area contributed by atoms with Gasteiger partial charge in [-0.15, -0.1) is 0 Å². The van der Waals surface area contributed by atoms with Gasteiger partial charge in [-0.05, 0) is 35.6 Å². The van der Waals surface area contributed by atoms with Crippen molar-refractivity contribution in [3.63, 3.8) is 0 Å². The van der Waals surface area contributed by atoms with Crippen LogP contribution in [0.1, 0.15) is 25.8 Å². The molecule has 21 heavy (non-hydrogen) atoms. The lowest BCUT2D eigenvalue weighted by molar-refractivity contribution is -0.127. The molecule has 3 rings (SSSR count). The molecule has 114 valence electrons. The van der Waals surface area contributed by atoms with Gasteiger partial charge < -0.3 is 10.1 Å². The summed E-state index contributed by atoms with van der Waals surface area (Å²) in [6, 6.07) is 4.60. The molecule has 1 aliphatic heterocycles. The van der Waals surface area contributed by atoms with Crippen LogP contribution in [-0.2, 0) is 21.2 Å². The molecule has 1 saturated carbocycles. The van der Waals surface area contributed by atoms with Gasteiger partial charge in [0.05, 0.1) is 4.90 Å². The summed E-state index contributed by atoms with van der Waals surface area (Å²) in [5, 5.41) is 8.06. The van der Waals surface area contributed by atoms with Crippen molar-refractivity contribution < 1.29 is 17.9 Å². The predicted octanol–water partition coefficient (Wildman–Crippen LogP) is 0.552. The predicted molar refractivity (Wildman–Crippen MR) is 76.3 cm³/mol. The molecule has 2 atom stereocenters. The van der Waals surface area contributed by atoms with Gasteiger partial charge in [0, 0.05) is 12.5 Å². The minimum atomic E-state index is -3.74. The molecule has 1 amide bonds. The number of rotatable bonds is 3. The van der Waals surface area contributed by atoms with Gasteiger partial charge >= 0.3 is 0 Å². The molecule has 0 aromatic heterocycles. The van der Waals surface area contributed by atoms with Crippen molar-refractivity contribution in [2.75, 3.05) is 0 Å². The standard InChI is InChI=1S/C14H18N2O4S/c1-14(2)7-12(14)16-13(17)11-6-8-5-9(21(15,18)19)3-4-10(8)20-11/h3-5,11-12H,6-7H2,1-2H3,(H,16,17)(H2,15,18,19). The Kier molecular flexibility index (Phi) is 3.04. The van der Waals surface area contributed by atoms with E-state index in [2.05, 4.69) is 19.2 Å².